The van der Waals surface area contributed by atoms with Crippen molar-refractivity contribution in [2.75, 3.05) is 0 Å². The first-order chi connectivity index (χ1) is 12.6. The van der Waals surface area contributed by atoms with Crippen LogP contribution in [0.5, 0.6) is 0 Å². The molecule has 3 aromatic rings. The molecular formula is C25H27N. The Kier molecular flexibility index (Phi) is 4.63. The highest BCUT2D eigenvalue weighted by atomic mass is 14.7. The fourth-order valence-corrected chi connectivity index (χ4v) is 4.42. The molecule has 0 atom stereocenters. The van der Waals surface area contributed by atoms with Gasteiger partial charge in [-0.2, -0.15) is 0 Å². The van der Waals surface area contributed by atoms with Gasteiger partial charge in [0.2, 0.25) is 0 Å². The molecular weight excluding hydrogens is 314 g/mol. The first-order valence-corrected chi connectivity index (χ1v) is 9.77. The van der Waals surface area contributed by atoms with Crippen molar-refractivity contribution in [3.8, 4) is 22.4 Å². The number of nitrogens with zero attached hydrogens (tertiary/aromatic N) is 1. The van der Waals surface area contributed by atoms with E-state index in [4.69, 9.17) is 4.98 Å². The topological polar surface area (TPSA) is 12.9 Å². The number of rotatable bonds is 3. The lowest BCUT2D eigenvalue weighted by molar-refractivity contribution is 0.716. The summed E-state index contributed by atoms with van der Waals surface area (Å²) < 4.78 is 0. The molecule has 1 fully saturated rings. The molecule has 0 bridgehead atoms. The number of hydrogen-bond acceptors (Lipinski definition) is 1. The van der Waals surface area contributed by atoms with Crippen molar-refractivity contribution in [3.63, 3.8) is 0 Å². The third-order valence-corrected chi connectivity index (χ3v) is 5.87. The summed E-state index contributed by atoms with van der Waals surface area (Å²) in [4.78, 5) is 4.81. The Morgan fingerprint density at radius 2 is 1.46 bits per heavy atom. The summed E-state index contributed by atoms with van der Waals surface area (Å²) >= 11 is 0. The largest absolute Gasteiger partial charge is 0.256 e. The third-order valence-electron chi connectivity index (χ3n) is 5.87. The minimum absolute atomic E-state index is 0.719. The van der Waals surface area contributed by atoms with E-state index in [1.807, 2.05) is 0 Å². The van der Waals surface area contributed by atoms with Crippen molar-refractivity contribution in [2.45, 2.75) is 52.4 Å². The Morgan fingerprint density at radius 3 is 2.19 bits per heavy atom. The average molecular weight is 341 g/mol. The first kappa shape index (κ1) is 17.0. The Labute approximate surface area is 157 Å². The highest BCUT2D eigenvalue weighted by molar-refractivity contribution is 5.76. The fraction of sp³-hybridized carbons (Fsp3) is 0.320. The van der Waals surface area contributed by atoms with Crippen LogP contribution in [0.4, 0.5) is 0 Å². The van der Waals surface area contributed by atoms with Crippen LogP contribution in [-0.4, -0.2) is 4.98 Å². The van der Waals surface area contributed by atoms with Crippen LogP contribution < -0.4 is 0 Å². The quantitative estimate of drug-likeness (QED) is 0.500. The highest BCUT2D eigenvalue weighted by Crippen LogP contribution is 2.38. The minimum atomic E-state index is 0.719. The lowest BCUT2D eigenvalue weighted by Crippen LogP contribution is -1.99. The van der Waals surface area contributed by atoms with Crippen LogP contribution >= 0.6 is 0 Å². The molecule has 1 aromatic heterocycles. The van der Waals surface area contributed by atoms with Crippen molar-refractivity contribution in [3.05, 3.63) is 77.0 Å². The molecule has 26 heavy (non-hydrogen) atoms. The molecule has 1 heteroatoms. The van der Waals surface area contributed by atoms with Gasteiger partial charge in [0.1, 0.15) is 0 Å². The zero-order chi connectivity index (χ0) is 18.1. The summed E-state index contributed by atoms with van der Waals surface area (Å²) in [7, 11) is 0. The van der Waals surface area contributed by atoms with Gasteiger partial charge >= 0.3 is 0 Å². The van der Waals surface area contributed by atoms with Crippen molar-refractivity contribution in [1.82, 2.24) is 4.98 Å². The average Bonchev–Trinajstić information content (AvgIpc) is 3.18. The van der Waals surface area contributed by atoms with Gasteiger partial charge in [-0.15, -0.1) is 0 Å². The molecule has 1 heterocycles. The number of aryl methyl sites for hydroxylation is 3. The molecule has 0 N–H and O–H groups in total. The predicted molar refractivity (Wildman–Crippen MR) is 111 cm³/mol. The van der Waals surface area contributed by atoms with E-state index in [1.54, 1.807) is 0 Å². The molecule has 0 spiro atoms. The van der Waals surface area contributed by atoms with Crippen LogP contribution in [0.3, 0.4) is 0 Å². The van der Waals surface area contributed by atoms with Gasteiger partial charge in [-0.25, -0.2) is 0 Å². The van der Waals surface area contributed by atoms with E-state index in [-0.39, 0.29) is 0 Å². The van der Waals surface area contributed by atoms with E-state index in [0.29, 0.717) is 0 Å². The molecule has 0 saturated heterocycles. The van der Waals surface area contributed by atoms with E-state index in [0.717, 1.165) is 11.6 Å². The van der Waals surface area contributed by atoms with Gasteiger partial charge in [-0.1, -0.05) is 49.2 Å². The molecule has 0 aliphatic heterocycles. The van der Waals surface area contributed by atoms with Crippen LogP contribution in [0.1, 0.15) is 53.9 Å². The first-order valence-electron chi connectivity index (χ1n) is 9.77. The van der Waals surface area contributed by atoms with Crippen molar-refractivity contribution in [2.24, 2.45) is 0 Å². The van der Waals surface area contributed by atoms with Gasteiger partial charge in [-0.3, -0.25) is 4.98 Å². The smallest absolute Gasteiger partial charge is 0.0707 e. The van der Waals surface area contributed by atoms with Crippen LogP contribution in [-0.2, 0) is 0 Å². The summed E-state index contributed by atoms with van der Waals surface area (Å²) in [6, 6.07) is 17.7. The summed E-state index contributed by atoms with van der Waals surface area (Å²) in [6.07, 6.45) is 7.45. The van der Waals surface area contributed by atoms with E-state index in [9.17, 15) is 0 Å². The number of aromatic nitrogens is 1. The van der Waals surface area contributed by atoms with Gasteiger partial charge in [0.05, 0.1) is 5.69 Å². The molecule has 1 aliphatic carbocycles. The van der Waals surface area contributed by atoms with Gasteiger partial charge in [0.15, 0.2) is 0 Å². The normalized spacial score (nSPS) is 14.7. The molecule has 1 aliphatic rings. The lowest BCUT2D eigenvalue weighted by Gasteiger charge is -2.17. The molecule has 4 rings (SSSR count). The number of hydrogen-bond donors (Lipinski definition) is 0. The van der Waals surface area contributed by atoms with Crippen molar-refractivity contribution < 1.29 is 0 Å². The zero-order valence-electron chi connectivity index (χ0n) is 16.0. The SMILES string of the molecule is Cc1cc(C)c(-c2cc(C3CCCC3)c(C)cn2)cc1-c1ccccc1. The predicted octanol–water partition coefficient (Wildman–Crippen LogP) is 7.00. The van der Waals surface area contributed by atoms with Crippen LogP contribution in [0, 0.1) is 20.8 Å². The third kappa shape index (κ3) is 3.19. The van der Waals surface area contributed by atoms with Crippen LogP contribution in [0.15, 0.2) is 54.7 Å². The minimum Gasteiger partial charge on any atom is -0.256 e. The molecule has 1 saturated carbocycles. The highest BCUT2D eigenvalue weighted by Gasteiger charge is 2.20. The Hall–Kier alpha value is -2.41. The molecule has 132 valence electrons. The summed E-state index contributed by atoms with van der Waals surface area (Å²) in [5.74, 6) is 0.719. The van der Waals surface area contributed by atoms with Gasteiger partial charge in [0, 0.05) is 11.8 Å². The molecule has 1 nitrogen and oxygen atoms in total. The number of benzene rings is 2. The Morgan fingerprint density at radius 1 is 0.769 bits per heavy atom. The Bertz CT molecular complexity index is 918. The van der Waals surface area contributed by atoms with Gasteiger partial charge in [0.25, 0.3) is 0 Å². The van der Waals surface area contributed by atoms with Gasteiger partial charge < -0.3 is 0 Å². The van der Waals surface area contributed by atoms with Gasteiger partial charge in [-0.05, 0) is 85.0 Å². The maximum Gasteiger partial charge on any atom is 0.0707 e. The van der Waals surface area contributed by atoms with E-state index < -0.39 is 0 Å². The molecule has 2 aromatic carbocycles. The van der Waals surface area contributed by atoms with Crippen LogP contribution in [0.2, 0.25) is 0 Å². The van der Waals surface area contributed by atoms with E-state index in [1.165, 1.54) is 64.6 Å². The monoisotopic (exact) mass is 341 g/mol. The molecule has 0 radical (unpaired) electrons. The second-order valence-corrected chi connectivity index (χ2v) is 7.76. The summed E-state index contributed by atoms with van der Waals surface area (Å²) in [5.41, 5.74) is 10.4. The van der Waals surface area contributed by atoms with Crippen molar-refractivity contribution >= 4 is 0 Å². The summed E-state index contributed by atoms with van der Waals surface area (Å²) in [6.45, 7) is 6.61. The summed E-state index contributed by atoms with van der Waals surface area (Å²) in [5, 5.41) is 0. The molecule has 0 amide bonds. The maximum atomic E-state index is 4.81. The second kappa shape index (κ2) is 7.07. The maximum absolute atomic E-state index is 4.81. The van der Waals surface area contributed by atoms with Crippen LogP contribution in [0.25, 0.3) is 22.4 Å². The Balaban J connectivity index is 1.82. The second-order valence-electron chi connectivity index (χ2n) is 7.76. The van der Waals surface area contributed by atoms with E-state index in [2.05, 4.69) is 75.5 Å². The standard InChI is InChI=1S/C25H27N/c1-17-13-18(2)24(14-22(17)20-9-5-4-6-10-20)25-15-23(19(3)16-26-25)21-11-7-8-12-21/h4-6,9-10,13-16,21H,7-8,11-12H2,1-3H3. The number of pyridine rings is 1. The molecule has 0 unspecified atom stereocenters. The zero-order valence-corrected chi connectivity index (χ0v) is 16.0. The van der Waals surface area contributed by atoms with Crippen molar-refractivity contribution in [1.29, 1.82) is 0 Å². The van der Waals surface area contributed by atoms with E-state index >= 15 is 0 Å². The lowest BCUT2D eigenvalue weighted by atomic mass is 9.90. The fourth-order valence-electron chi connectivity index (χ4n) is 4.42.